The maximum atomic E-state index is 9.33. The fourth-order valence-electron chi connectivity index (χ4n) is 1.61. The molecule has 8 heteroatoms. The van der Waals surface area contributed by atoms with Crippen LogP contribution in [0.15, 0.2) is 12.4 Å². The predicted octanol–water partition coefficient (Wildman–Crippen LogP) is -0.586. The highest BCUT2D eigenvalue weighted by Crippen LogP contribution is 2.25. The van der Waals surface area contributed by atoms with E-state index < -0.39 is 6.10 Å². The van der Waals surface area contributed by atoms with Crippen LogP contribution in [0.5, 0.6) is 0 Å². The molecule has 6 N–H and O–H groups in total. The molecule has 1 atom stereocenters. The van der Waals surface area contributed by atoms with Gasteiger partial charge in [0.25, 0.3) is 0 Å². The third-order valence-electron chi connectivity index (χ3n) is 2.64. The molecule has 0 saturated heterocycles. The third kappa shape index (κ3) is 2.80. The third-order valence-corrected chi connectivity index (χ3v) is 2.64. The second kappa shape index (κ2) is 5.63. The first-order valence-corrected chi connectivity index (χ1v) is 5.77. The lowest BCUT2D eigenvalue weighted by atomic mass is 10.2. The smallest absolute Gasteiger partial charge is 0.167 e. The SMILES string of the molecule is CNc1cc2c(N)ncnc2nc1NCC(O)CO. The van der Waals surface area contributed by atoms with Crippen LogP contribution in [0.2, 0.25) is 0 Å². The molecule has 2 rings (SSSR count). The average Bonchev–Trinajstić information content (AvgIpc) is 2.44. The van der Waals surface area contributed by atoms with Crippen molar-refractivity contribution in [2.45, 2.75) is 6.10 Å². The molecule has 2 heterocycles. The van der Waals surface area contributed by atoms with E-state index in [0.717, 1.165) is 0 Å². The zero-order valence-corrected chi connectivity index (χ0v) is 10.5. The zero-order valence-electron chi connectivity index (χ0n) is 10.5. The molecule has 0 aliphatic rings. The van der Waals surface area contributed by atoms with Crippen LogP contribution in [0, 0.1) is 0 Å². The van der Waals surface area contributed by atoms with Gasteiger partial charge in [0.1, 0.15) is 12.1 Å². The van der Waals surface area contributed by atoms with Crippen molar-refractivity contribution < 1.29 is 10.2 Å². The first-order chi connectivity index (χ1) is 9.15. The Hall–Kier alpha value is -2.19. The van der Waals surface area contributed by atoms with Crippen molar-refractivity contribution in [1.29, 1.82) is 0 Å². The van der Waals surface area contributed by atoms with E-state index in [1.807, 2.05) is 0 Å². The summed E-state index contributed by atoms with van der Waals surface area (Å²) in [7, 11) is 1.75. The van der Waals surface area contributed by atoms with E-state index >= 15 is 0 Å². The van der Waals surface area contributed by atoms with Crippen LogP contribution in [0.1, 0.15) is 0 Å². The zero-order chi connectivity index (χ0) is 13.8. The highest BCUT2D eigenvalue weighted by molar-refractivity contribution is 5.90. The van der Waals surface area contributed by atoms with Gasteiger partial charge < -0.3 is 26.6 Å². The van der Waals surface area contributed by atoms with Gasteiger partial charge in [-0.3, -0.25) is 0 Å². The van der Waals surface area contributed by atoms with Crippen molar-refractivity contribution in [2.24, 2.45) is 0 Å². The summed E-state index contributed by atoms with van der Waals surface area (Å²) >= 11 is 0. The molecule has 8 nitrogen and oxygen atoms in total. The van der Waals surface area contributed by atoms with E-state index in [-0.39, 0.29) is 13.2 Å². The molecule has 0 fully saturated rings. The quantitative estimate of drug-likeness (QED) is 0.485. The fraction of sp³-hybridized carbons (Fsp3) is 0.364. The molecule has 0 amide bonds. The molecule has 2 aromatic rings. The number of hydrogen-bond donors (Lipinski definition) is 5. The Morgan fingerprint density at radius 1 is 1.42 bits per heavy atom. The number of nitrogens with one attached hydrogen (secondary N) is 2. The molecule has 0 saturated carbocycles. The van der Waals surface area contributed by atoms with Crippen LogP contribution >= 0.6 is 0 Å². The molecule has 0 spiro atoms. The normalized spacial score (nSPS) is 12.4. The maximum Gasteiger partial charge on any atom is 0.167 e. The second-order valence-electron chi connectivity index (χ2n) is 3.98. The van der Waals surface area contributed by atoms with Gasteiger partial charge in [0.15, 0.2) is 11.5 Å². The molecular weight excluding hydrogens is 248 g/mol. The van der Waals surface area contributed by atoms with Gasteiger partial charge in [-0.15, -0.1) is 0 Å². The Bertz CT molecular complexity index is 576. The summed E-state index contributed by atoms with van der Waals surface area (Å²) in [5.74, 6) is 0.886. The van der Waals surface area contributed by atoms with Crippen LogP contribution in [0.25, 0.3) is 11.0 Å². The van der Waals surface area contributed by atoms with Gasteiger partial charge in [-0.1, -0.05) is 0 Å². The number of nitrogens with zero attached hydrogens (tertiary/aromatic N) is 3. The number of nitrogen functional groups attached to an aromatic ring is 1. The van der Waals surface area contributed by atoms with Crippen molar-refractivity contribution in [3.05, 3.63) is 12.4 Å². The predicted molar refractivity (Wildman–Crippen MR) is 72.9 cm³/mol. The topological polar surface area (TPSA) is 129 Å². The van der Waals surface area contributed by atoms with Crippen molar-refractivity contribution in [3.63, 3.8) is 0 Å². The molecule has 0 aliphatic heterocycles. The first kappa shape index (κ1) is 13.2. The van der Waals surface area contributed by atoms with E-state index in [9.17, 15) is 5.11 Å². The summed E-state index contributed by atoms with van der Waals surface area (Å²) < 4.78 is 0. The fourth-order valence-corrected chi connectivity index (χ4v) is 1.61. The maximum absolute atomic E-state index is 9.33. The number of aromatic nitrogens is 3. The van der Waals surface area contributed by atoms with Gasteiger partial charge >= 0.3 is 0 Å². The van der Waals surface area contributed by atoms with Crippen molar-refractivity contribution in [2.75, 3.05) is 36.6 Å². The van der Waals surface area contributed by atoms with E-state index in [4.69, 9.17) is 10.8 Å². The molecule has 0 radical (unpaired) electrons. The number of hydrogen-bond acceptors (Lipinski definition) is 8. The molecule has 102 valence electrons. The van der Waals surface area contributed by atoms with Crippen LogP contribution in [0.4, 0.5) is 17.3 Å². The number of aliphatic hydroxyl groups is 2. The summed E-state index contributed by atoms with van der Waals surface area (Å²) in [5.41, 5.74) is 6.93. The highest BCUT2D eigenvalue weighted by Gasteiger charge is 2.10. The molecule has 1 unspecified atom stereocenters. The number of rotatable bonds is 5. The number of pyridine rings is 1. The first-order valence-electron chi connectivity index (χ1n) is 5.77. The van der Waals surface area contributed by atoms with Gasteiger partial charge in [-0.05, 0) is 6.07 Å². The molecule has 0 aromatic carbocycles. The van der Waals surface area contributed by atoms with Crippen molar-refractivity contribution in [3.8, 4) is 0 Å². The van der Waals surface area contributed by atoms with E-state index in [1.54, 1.807) is 13.1 Å². The lowest BCUT2D eigenvalue weighted by Crippen LogP contribution is -2.23. The Morgan fingerprint density at radius 2 is 2.21 bits per heavy atom. The molecule has 0 aliphatic carbocycles. The largest absolute Gasteiger partial charge is 0.394 e. The Morgan fingerprint density at radius 3 is 2.89 bits per heavy atom. The van der Waals surface area contributed by atoms with E-state index in [0.29, 0.717) is 28.4 Å². The summed E-state index contributed by atoms with van der Waals surface area (Å²) in [6.45, 7) is -0.130. The number of aliphatic hydroxyl groups excluding tert-OH is 2. The standard InChI is InChI=1S/C11H16N6O2/c1-13-8-2-7-9(12)15-5-16-10(7)17-11(8)14-3-6(19)4-18/h2,5-6,13,18-19H,3-4H2,1H3,(H3,12,14,15,16,17). The minimum Gasteiger partial charge on any atom is -0.394 e. The summed E-state index contributed by atoms with van der Waals surface area (Å²) in [5, 5.41) is 24.7. The Labute approximate surface area is 109 Å². The number of anilines is 3. The highest BCUT2D eigenvalue weighted by atomic mass is 16.3. The molecule has 19 heavy (non-hydrogen) atoms. The van der Waals surface area contributed by atoms with Crippen molar-refractivity contribution in [1.82, 2.24) is 15.0 Å². The van der Waals surface area contributed by atoms with Gasteiger partial charge in [-0.2, -0.15) is 0 Å². The molecular formula is C11H16N6O2. The van der Waals surface area contributed by atoms with Crippen LogP contribution in [-0.4, -0.2) is 51.5 Å². The monoisotopic (exact) mass is 264 g/mol. The summed E-state index contributed by atoms with van der Waals surface area (Å²) in [6, 6.07) is 1.78. The van der Waals surface area contributed by atoms with Gasteiger partial charge in [-0.25, -0.2) is 15.0 Å². The second-order valence-corrected chi connectivity index (χ2v) is 3.98. The van der Waals surface area contributed by atoms with Crippen LogP contribution < -0.4 is 16.4 Å². The van der Waals surface area contributed by atoms with Crippen molar-refractivity contribution >= 4 is 28.4 Å². The summed E-state index contributed by atoms with van der Waals surface area (Å²) in [6.07, 6.45) is 0.494. The van der Waals surface area contributed by atoms with Gasteiger partial charge in [0.2, 0.25) is 0 Å². The minimum atomic E-state index is -0.849. The van der Waals surface area contributed by atoms with Gasteiger partial charge in [0.05, 0.1) is 23.8 Å². The van der Waals surface area contributed by atoms with E-state index in [1.165, 1.54) is 6.33 Å². The molecule has 2 aromatic heterocycles. The Balaban J connectivity index is 2.37. The Kier molecular flexibility index (Phi) is 3.93. The minimum absolute atomic E-state index is 0.185. The lowest BCUT2D eigenvalue weighted by Gasteiger charge is -2.14. The number of nitrogens with two attached hydrogens (primary N) is 1. The molecule has 0 bridgehead atoms. The van der Waals surface area contributed by atoms with Crippen LogP contribution in [-0.2, 0) is 0 Å². The van der Waals surface area contributed by atoms with Gasteiger partial charge in [0, 0.05) is 13.6 Å². The average molecular weight is 264 g/mol. The van der Waals surface area contributed by atoms with Crippen LogP contribution in [0.3, 0.4) is 0 Å². The summed E-state index contributed by atoms with van der Waals surface area (Å²) in [4.78, 5) is 12.3. The number of fused-ring (bicyclic) bond motifs is 1. The lowest BCUT2D eigenvalue weighted by molar-refractivity contribution is 0.105. The van der Waals surface area contributed by atoms with E-state index in [2.05, 4.69) is 25.6 Å².